The van der Waals surface area contributed by atoms with Crippen LogP contribution < -0.4 is 0 Å². The van der Waals surface area contributed by atoms with E-state index in [9.17, 15) is 0 Å². The maximum Gasteiger partial charge on any atom is 0.482 e. The lowest BCUT2D eigenvalue weighted by Crippen LogP contribution is -1.75. The maximum atomic E-state index is 7.00. The minimum atomic E-state index is 0. The van der Waals surface area contributed by atoms with Crippen LogP contribution in [-0.4, -0.2) is 17.7 Å². The molecule has 0 aliphatic rings. The Morgan fingerprint density at radius 1 is 0.474 bits per heavy atom. The molecule has 3 rings (SSSR count). The molecule has 0 atom stereocenters. The minimum Gasteiger partial charge on any atom is -0.429 e. The van der Waals surface area contributed by atoms with E-state index in [1.165, 1.54) is 10.8 Å². The summed E-state index contributed by atoms with van der Waals surface area (Å²) in [5, 5.41) is 16.6. The molecular formula is C16H16BO2. The Bertz CT molecular complexity index is 463. The molecular weight excluding hydrogens is 235 g/mol. The standard InChI is InChI=1S/C10H8.C6H6.BH2O2/c1-2-6-10-8-4-3-7-9(10)5-1;1-2-4-6-5-3-1;2-1-3/h1-8H;1-6H;2-3H. The third-order valence-electron chi connectivity index (χ3n) is 2.33. The van der Waals surface area contributed by atoms with Crippen LogP contribution in [0.25, 0.3) is 10.8 Å². The number of benzene rings is 3. The highest BCUT2D eigenvalue weighted by atomic mass is 16.4. The van der Waals surface area contributed by atoms with Crippen LogP contribution in [0.4, 0.5) is 0 Å². The fraction of sp³-hybridized carbons (Fsp3) is 0. The molecule has 3 aromatic carbocycles. The van der Waals surface area contributed by atoms with E-state index in [1.807, 2.05) is 36.4 Å². The van der Waals surface area contributed by atoms with Crippen molar-refractivity contribution in [3.63, 3.8) is 0 Å². The van der Waals surface area contributed by atoms with E-state index >= 15 is 0 Å². The fourth-order valence-electron chi connectivity index (χ4n) is 1.52. The Hall–Kier alpha value is -2.10. The summed E-state index contributed by atoms with van der Waals surface area (Å²) < 4.78 is 0. The molecule has 0 heterocycles. The first-order valence-electron chi connectivity index (χ1n) is 5.92. The second kappa shape index (κ2) is 9.89. The van der Waals surface area contributed by atoms with Crippen molar-refractivity contribution in [2.24, 2.45) is 0 Å². The SMILES string of the molecule is O[B]O.c1ccc2ccccc2c1.c1ccccc1. The normalized spacial score (nSPS) is 8.53. The van der Waals surface area contributed by atoms with Crippen molar-refractivity contribution in [3.8, 4) is 0 Å². The molecule has 0 fully saturated rings. The van der Waals surface area contributed by atoms with Gasteiger partial charge >= 0.3 is 7.69 Å². The molecule has 0 saturated carbocycles. The van der Waals surface area contributed by atoms with E-state index in [2.05, 4.69) is 48.5 Å². The summed E-state index contributed by atoms with van der Waals surface area (Å²) in [4.78, 5) is 0. The predicted molar refractivity (Wildman–Crippen MR) is 80.6 cm³/mol. The van der Waals surface area contributed by atoms with Crippen molar-refractivity contribution >= 4 is 18.5 Å². The lowest BCUT2D eigenvalue weighted by Gasteiger charge is -1.92. The first kappa shape index (κ1) is 15.0. The first-order valence-corrected chi connectivity index (χ1v) is 5.92. The molecule has 0 spiro atoms. The van der Waals surface area contributed by atoms with Crippen molar-refractivity contribution in [2.75, 3.05) is 0 Å². The quantitative estimate of drug-likeness (QED) is 0.603. The summed E-state index contributed by atoms with van der Waals surface area (Å²) in [6, 6.07) is 28.7. The summed E-state index contributed by atoms with van der Waals surface area (Å²) in [7, 11) is 0. The summed E-state index contributed by atoms with van der Waals surface area (Å²) in [6.45, 7) is 0. The molecule has 2 nitrogen and oxygen atoms in total. The summed E-state index contributed by atoms with van der Waals surface area (Å²) in [5.41, 5.74) is 0. The molecule has 2 N–H and O–H groups in total. The van der Waals surface area contributed by atoms with Crippen LogP contribution >= 0.6 is 0 Å². The van der Waals surface area contributed by atoms with Gasteiger partial charge in [0, 0.05) is 0 Å². The van der Waals surface area contributed by atoms with Gasteiger partial charge < -0.3 is 10.0 Å². The lowest BCUT2D eigenvalue weighted by molar-refractivity contribution is 0.448. The van der Waals surface area contributed by atoms with Crippen LogP contribution in [-0.2, 0) is 0 Å². The minimum absolute atomic E-state index is 0. The van der Waals surface area contributed by atoms with Crippen LogP contribution in [0.5, 0.6) is 0 Å². The maximum absolute atomic E-state index is 7.00. The molecule has 1 radical (unpaired) electrons. The highest BCUT2D eigenvalue weighted by Gasteiger charge is 1.85. The highest BCUT2D eigenvalue weighted by Crippen LogP contribution is 2.11. The molecule has 0 unspecified atom stereocenters. The molecule has 19 heavy (non-hydrogen) atoms. The predicted octanol–water partition coefficient (Wildman–Crippen LogP) is 3.03. The van der Waals surface area contributed by atoms with Gasteiger partial charge in [-0.1, -0.05) is 84.9 Å². The van der Waals surface area contributed by atoms with E-state index in [0.29, 0.717) is 0 Å². The molecule has 3 aromatic rings. The third-order valence-corrected chi connectivity index (χ3v) is 2.33. The lowest BCUT2D eigenvalue weighted by atomic mass is 10.1. The number of fused-ring (bicyclic) bond motifs is 1. The number of hydrogen-bond acceptors (Lipinski definition) is 2. The Morgan fingerprint density at radius 3 is 0.895 bits per heavy atom. The van der Waals surface area contributed by atoms with Gasteiger partial charge in [0.05, 0.1) is 0 Å². The zero-order chi connectivity index (χ0) is 13.8. The van der Waals surface area contributed by atoms with Gasteiger partial charge in [0.1, 0.15) is 0 Å². The largest absolute Gasteiger partial charge is 0.482 e. The molecule has 0 saturated heterocycles. The van der Waals surface area contributed by atoms with Gasteiger partial charge in [0.2, 0.25) is 0 Å². The van der Waals surface area contributed by atoms with Crippen LogP contribution in [0.1, 0.15) is 0 Å². The Kier molecular flexibility index (Phi) is 7.79. The van der Waals surface area contributed by atoms with Crippen molar-refractivity contribution in [3.05, 3.63) is 84.9 Å². The molecule has 0 aliphatic carbocycles. The molecule has 95 valence electrons. The van der Waals surface area contributed by atoms with Gasteiger partial charge in [-0.25, -0.2) is 0 Å². The Morgan fingerprint density at radius 2 is 0.684 bits per heavy atom. The van der Waals surface area contributed by atoms with Crippen LogP contribution in [0.3, 0.4) is 0 Å². The highest BCUT2D eigenvalue weighted by molar-refractivity contribution is 6.13. The summed E-state index contributed by atoms with van der Waals surface area (Å²) in [5.74, 6) is 0. The van der Waals surface area contributed by atoms with E-state index in [1.54, 1.807) is 0 Å². The van der Waals surface area contributed by atoms with E-state index in [-0.39, 0.29) is 7.69 Å². The van der Waals surface area contributed by atoms with Gasteiger partial charge in [-0.05, 0) is 10.8 Å². The molecule has 3 heteroatoms. The Balaban J connectivity index is 0.000000172. The molecule has 0 amide bonds. The van der Waals surface area contributed by atoms with Gasteiger partial charge in [-0.15, -0.1) is 0 Å². The van der Waals surface area contributed by atoms with Gasteiger partial charge in [-0.2, -0.15) is 0 Å². The van der Waals surface area contributed by atoms with Gasteiger partial charge in [0.25, 0.3) is 0 Å². The number of rotatable bonds is 0. The van der Waals surface area contributed by atoms with Crippen molar-refractivity contribution in [2.45, 2.75) is 0 Å². The van der Waals surface area contributed by atoms with E-state index in [4.69, 9.17) is 10.0 Å². The molecule has 0 aromatic heterocycles. The molecule has 0 aliphatic heterocycles. The molecule has 0 bridgehead atoms. The van der Waals surface area contributed by atoms with Gasteiger partial charge in [-0.3, -0.25) is 0 Å². The topological polar surface area (TPSA) is 40.5 Å². The zero-order valence-corrected chi connectivity index (χ0v) is 10.6. The van der Waals surface area contributed by atoms with Gasteiger partial charge in [0.15, 0.2) is 0 Å². The van der Waals surface area contributed by atoms with Crippen LogP contribution in [0.15, 0.2) is 84.9 Å². The van der Waals surface area contributed by atoms with Crippen LogP contribution in [0.2, 0.25) is 0 Å². The second-order valence-electron chi connectivity index (χ2n) is 3.62. The van der Waals surface area contributed by atoms with Crippen molar-refractivity contribution in [1.29, 1.82) is 0 Å². The second-order valence-corrected chi connectivity index (χ2v) is 3.62. The van der Waals surface area contributed by atoms with Crippen molar-refractivity contribution < 1.29 is 10.0 Å². The van der Waals surface area contributed by atoms with Crippen molar-refractivity contribution in [1.82, 2.24) is 0 Å². The fourth-order valence-corrected chi connectivity index (χ4v) is 1.52. The average Bonchev–Trinajstić information content (AvgIpc) is 2.51. The monoisotopic (exact) mass is 251 g/mol. The summed E-state index contributed by atoms with van der Waals surface area (Å²) >= 11 is 0. The van der Waals surface area contributed by atoms with Crippen LogP contribution in [0, 0.1) is 0 Å². The van der Waals surface area contributed by atoms with E-state index in [0.717, 1.165) is 0 Å². The average molecular weight is 251 g/mol. The third kappa shape index (κ3) is 6.41. The first-order chi connectivity index (χ1) is 9.38. The number of hydrogen-bond donors (Lipinski definition) is 2. The Labute approximate surface area is 114 Å². The van der Waals surface area contributed by atoms with E-state index < -0.39 is 0 Å². The zero-order valence-electron chi connectivity index (χ0n) is 10.6. The smallest absolute Gasteiger partial charge is 0.429 e. The summed E-state index contributed by atoms with van der Waals surface area (Å²) in [6.07, 6.45) is 0.